The maximum absolute atomic E-state index is 9.51. The number of rotatable bonds is 5. The van der Waals surface area contributed by atoms with Gasteiger partial charge in [0.15, 0.2) is 17.1 Å². The Bertz CT molecular complexity index is 924. The summed E-state index contributed by atoms with van der Waals surface area (Å²) in [6, 6.07) is 13.0. The summed E-state index contributed by atoms with van der Waals surface area (Å²) in [4.78, 5) is 4.35. The zero-order valence-electron chi connectivity index (χ0n) is 14.1. The molecule has 0 atom stereocenters. The molecule has 0 spiro atoms. The molecule has 0 N–H and O–H groups in total. The van der Waals surface area contributed by atoms with Crippen LogP contribution in [0, 0.1) is 11.3 Å². The van der Waals surface area contributed by atoms with Gasteiger partial charge in [0.25, 0.3) is 0 Å². The molecule has 126 valence electrons. The van der Waals surface area contributed by atoms with Gasteiger partial charge in [-0.1, -0.05) is 12.1 Å². The molecule has 1 aromatic heterocycles. The molecule has 1 heterocycles. The first-order valence-corrected chi connectivity index (χ1v) is 7.48. The predicted octanol–water partition coefficient (Wildman–Crippen LogP) is 3.92. The Kier molecular flexibility index (Phi) is 4.57. The molecular formula is C19H16N2O4. The number of oxazole rings is 1. The van der Waals surface area contributed by atoms with Crippen molar-refractivity contribution in [3.63, 3.8) is 0 Å². The van der Waals surface area contributed by atoms with Gasteiger partial charge in [0.05, 0.1) is 21.3 Å². The first kappa shape index (κ1) is 16.4. The molecule has 0 aliphatic heterocycles. The van der Waals surface area contributed by atoms with Crippen molar-refractivity contribution in [2.75, 3.05) is 21.3 Å². The molecule has 25 heavy (non-hydrogen) atoms. The maximum atomic E-state index is 9.51. The fourth-order valence-electron chi connectivity index (χ4n) is 2.48. The summed E-state index contributed by atoms with van der Waals surface area (Å²) in [5.74, 6) is 1.76. The third-order valence-corrected chi connectivity index (χ3v) is 3.64. The highest BCUT2D eigenvalue weighted by Gasteiger charge is 2.15. The standard InChI is InChI=1S/C19H16N2O4/c1-22-16-9-12(10-17(23-2)18(16)24-3)8-13(11-20)19-21-14-6-4-5-7-15(14)25-19/h4-10H,1-3H3. The van der Waals surface area contributed by atoms with Crippen LogP contribution in [0.1, 0.15) is 11.5 Å². The average molecular weight is 336 g/mol. The Balaban J connectivity index is 2.09. The Labute approximate surface area is 144 Å². The van der Waals surface area contributed by atoms with Crippen LogP contribution in [0.2, 0.25) is 0 Å². The van der Waals surface area contributed by atoms with E-state index in [1.807, 2.05) is 18.2 Å². The van der Waals surface area contributed by atoms with Crippen molar-refractivity contribution in [1.82, 2.24) is 4.98 Å². The highest BCUT2D eigenvalue weighted by molar-refractivity contribution is 5.89. The summed E-state index contributed by atoms with van der Waals surface area (Å²) in [7, 11) is 4.61. The Morgan fingerprint density at radius 2 is 1.76 bits per heavy atom. The first-order valence-electron chi connectivity index (χ1n) is 7.48. The summed E-state index contributed by atoms with van der Waals surface area (Å²) in [6.45, 7) is 0. The second-order valence-corrected chi connectivity index (χ2v) is 5.12. The van der Waals surface area contributed by atoms with E-state index in [9.17, 15) is 5.26 Å². The van der Waals surface area contributed by atoms with Gasteiger partial charge >= 0.3 is 0 Å². The lowest BCUT2D eigenvalue weighted by Gasteiger charge is -2.12. The minimum atomic E-state index is 0.262. The van der Waals surface area contributed by atoms with Crippen molar-refractivity contribution in [3.8, 4) is 23.3 Å². The number of para-hydroxylation sites is 2. The Hall–Kier alpha value is -3.46. The molecule has 6 heteroatoms. The molecule has 3 aromatic rings. The second-order valence-electron chi connectivity index (χ2n) is 5.12. The smallest absolute Gasteiger partial charge is 0.238 e. The van der Waals surface area contributed by atoms with E-state index in [2.05, 4.69) is 11.1 Å². The minimum absolute atomic E-state index is 0.262. The minimum Gasteiger partial charge on any atom is -0.493 e. The van der Waals surface area contributed by atoms with E-state index in [0.29, 0.717) is 39.5 Å². The summed E-state index contributed by atoms with van der Waals surface area (Å²) < 4.78 is 21.6. The molecule has 0 aliphatic carbocycles. The van der Waals surface area contributed by atoms with Gasteiger partial charge in [-0.15, -0.1) is 0 Å². The number of hydrogen-bond acceptors (Lipinski definition) is 6. The molecule has 0 fully saturated rings. The topological polar surface area (TPSA) is 77.5 Å². The quantitative estimate of drug-likeness (QED) is 0.657. The van der Waals surface area contributed by atoms with Gasteiger partial charge in [-0.2, -0.15) is 5.26 Å². The number of nitriles is 1. The molecular weight excluding hydrogens is 320 g/mol. The lowest BCUT2D eigenvalue weighted by molar-refractivity contribution is 0.324. The van der Waals surface area contributed by atoms with Crippen LogP contribution >= 0.6 is 0 Å². The average Bonchev–Trinajstić information content (AvgIpc) is 3.08. The maximum Gasteiger partial charge on any atom is 0.238 e. The fourth-order valence-corrected chi connectivity index (χ4v) is 2.48. The normalized spacial score (nSPS) is 11.2. The van der Waals surface area contributed by atoms with Gasteiger partial charge in [-0.05, 0) is 35.9 Å². The van der Waals surface area contributed by atoms with E-state index in [1.54, 1.807) is 24.3 Å². The Morgan fingerprint density at radius 1 is 1.08 bits per heavy atom. The highest BCUT2D eigenvalue weighted by atomic mass is 16.5. The van der Waals surface area contributed by atoms with Gasteiger partial charge in [0.1, 0.15) is 17.2 Å². The van der Waals surface area contributed by atoms with Crippen LogP contribution in [0.4, 0.5) is 0 Å². The van der Waals surface area contributed by atoms with Crippen molar-refractivity contribution in [2.45, 2.75) is 0 Å². The lowest BCUT2D eigenvalue weighted by atomic mass is 10.1. The predicted molar refractivity (Wildman–Crippen MR) is 93.6 cm³/mol. The molecule has 0 unspecified atom stereocenters. The SMILES string of the molecule is COc1cc(C=C(C#N)c2nc3ccccc3o2)cc(OC)c1OC. The summed E-state index contributed by atoms with van der Waals surface area (Å²) in [5.41, 5.74) is 2.32. The van der Waals surface area contributed by atoms with Gasteiger partial charge in [0, 0.05) is 0 Å². The van der Waals surface area contributed by atoms with Crippen molar-refractivity contribution in [2.24, 2.45) is 0 Å². The number of aromatic nitrogens is 1. The number of hydrogen-bond donors (Lipinski definition) is 0. The van der Waals surface area contributed by atoms with Gasteiger partial charge in [-0.25, -0.2) is 4.98 Å². The van der Waals surface area contributed by atoms with Crippen molar-refractivity contribution >= 4 is 22.7 Å². The van der Waals surface area contributed by atoms with Crippen LogP contribution in [-0.2, 0) is 0 Å². The van der Waals surface area contributed by atoms with Crippen LogP contribution in [0.15, 0.2) is 40.8 Å². The molecule has 0 saturated heterocycles. The molecule has 0 bridgehead atoms. The number of benzene rings is 2. The molecule has 3 rings (SSSR count). The van der Waals surface area contributed by atoms with Gasteiger partial charge in [0.2, 0.25) is 11.6 Å². The highest BCUT2D eigenvalue weighted by Crippen LogP contribution is 2.39. The molecule has 6 nitrogen and oxygen atoms in total. The fraction of sp³-hybridized carbons (Fsp3) is 0.158. The number of allylic oxidation sites excluding steroid dienone is 1. The molecule has 0 saturated carbocycles. The molecule has 0 amide bonds. The van der Waals surface area contributed by atoms with Crippen molar-refractivity contribution < 1.29 is 18.6 Å². The van der Waals surface area contributed by atoms with E-state index in [-0.39, 0.29) is 5.89 Å². The van der Waals surface area contributed by atoms with Crippen molar-refractivity contribution in [1.29, 1.82) is 5.26 Å². The van der Waals surface area contributed by atoms with E-state index >= 15 is 0 Å². The van der Waals surface area contributed by atoms with Gasteiger partial charge < -0.3 is 18.6 Å². The van der Waals surface area contributed by atoms with Crippen LogP contribution in [0.5, 0.6) is 17.2 Å². The van der Waals surface area contributed by atoms with Crippen LogP contribution in [-0.4, -0.2) is 26.3 Å². The summed E-state index contributed by atoms with van der Waals surface area (Å²) in [5, 5.41) is 9.51. The van der Waals surface area contributed by atoms with E-state index in [4.69, 9.17) is 18.6 Å². The number of fused-ring (bicyclic) bond motifs is 1. The Morgan fingerprint density at radius 3 is 2.32 bits per heavy atom. The number of nitrogens with zero attached hydrogens (tertiary/aromatic N) is 2. The molecule has 0 aliphatic rings. The van der Waals surface area contributed by atoms with Crippen LogP contribution in [0.3, 0.4) is 0 Å². The van der Waals surface area contributed by atoms with Crippen molar-refractivity contribution in [3.05, 3.63) is 47.9 Å². The molecule has 0 radical (unpaired) electrons. The lowest BCUT2D eigenvalue weighted by Crippen LogP contribution is -1.95. The zero-order valence-corrected chi connectivity index (χ0v) is 14.1. The number of methoxy groups -OCH3 is 3. The zero-order chi connectivity index (χ0) is 17.8. The summed E-state index contributed by atoms with van der Waals surface area (Å²) >= 11 is 0. The largest absolute Gasteiger partial charge is 0.493 e. The first-order chi connectivity index (χ1) is 12.2. The number of ether oxygens (including phenoxy) is 3. The van der Waals surface area contributed by atoms with Gasteiger partial charge in [-0.3, -0.25) is 0 Å². The third-order valence-electron chi connectivity index (χ3n) is 3.64. The van der Waals surface area contributed by atoms with E-state index in [0.717, 1.165) is 0 Å². The van der Waals surface area contributed by atoms with Crippen LogP contribution in [0.25, 0.3) is 22.7 Å². The van der Waals surface area contributed by atoms with E-state index in [1.165, 1.54) is 21.3 Å². The monoisotopic (exact) mass is 336 g/mol. The third kappa shape index (κ3) is 3.12. The van der Waals surface area contributed by atoms with Crippen LogP contribution < -0.4 is 14.2 Å². The summed E-state index contributed by atoms with van der Waals surface area (Å²) in [6.07, 6.45) is 1.66. The van der Waals surface area contributed by atoms with E-state index < -0.39 is 0 Å². The second kappa shape index (κ2) is 6.97. The molecule has 2 aromatic carbocycles.